The molecule has 3 nitrogen and oxygen atoms in total. The summed E-state index contributed by atoms with van der Waals surface area (Å²) in [4.78, 5) is 2.56. The second-order valence-corrected chi connectivity index (χ2v) is 7.59. The van der Waals surface area contributed by atoms with Gasteiger partial charge in [-0.2, -0.15) is 0 Å². The summed E-state index contributed by atoms with van der Waals surface area (Å²) in [5.41, 5.74) is 4.81. The third-order valence-electron chi connectivity index (χ3n) is 5.47. The highest BCUT2D eigenvalue weighted by molar-refractivity contribution is 6.36. The zero-order chi connectivity index (χ0) is 16.3. The SMILES string of the molecule is Clc1ccc(-c2cc3c4c(c2)[C@H]2CNCC[C@H]2N4CCO3)c(Cl)c1. The Hall–Kier alpha value is -1.42. The summed E-state index contributed by atoms with van der Waals surface area (Å²) in [6.45, 7) is 3.87. The molecule has 0 aliphatic carbocycles. The first kappa shape index (κ1) is 14.9. The van der Waals surface area contributed by atoms with E-state index in [1.54, 1.807) is 6.07 Å². The minimum absolute atomic E-state index is 0.528. The summed E-state index contributed by atoms with van der Waals surface area (Å²) in [5, 5.41) is 4.89. The van der Waals surface area contributed by atoms with Gasteiger partial charge in [-0.1, -0.05) is 29.3 Å². The van der Waals surface area contributed by atoms with Crippen LogP contribution in [0.2, 0.25) is 10.0 Å². The van der Waals surface area contributed by atoms with Crippen molar-refractivity contribution >= 4 is 28.9 Å². The standard InChI is InChI=1S/C19H18Cl2N2O/c20-12-1-2-13(16(21)9-12)11-7-14-15-10-22-4-3-17(15)23-5-6-24-18(8-11)19(14)23/h1-2,7-9,15,17,22H,3-6,10H2/t15-,17-/m1/s1. The van der Waals surface area contributed by atoms with Gasteiger partial charge in [-0.05, 0) is 48.4 Å². The van der Waals surface area contributed by atoms with E-state index in [9.17, 15) is 0 Å². The average Bonchev–Trinajstić information content (AvgIpc) is 2.91. The van der Waals surface area contributed by atoms with Crippen molar-refractivity contribution in [3.63, 3.8) is 0 Å². The van der Waals surface area contributed by atoms with Gasteiger partial charge in [0.05, 0.1) is 12.2 Å². The first-order chi connectivity index (χ1) is 11.7. The van der Waals surface area contributed by atoms with Crippen molar-refractivity contribution in [3.05, 3.63) is 45.9 Å². The van der Waals surface area contributed by atoms with Crippen molar-refractivity contribution in [1.82, 2.24) is 5.32 Å². The number of anilines is 1. The van der Waals surface area contributed by atoms with E-state index in [2.05, 4.69) is 22.3 Å². The fourth-order valence-electron chi connectivity index (χ4n) is 4.44. The molecule has 2 aromatic rings. The molecule has 5 heteroatoms. The summed E-state index contributed by atoms with van der Waals surface area (Å²) in [7, 11) is 0. The molecule has 24 heavy (non-hydrogen) atoms. The van der Waals surface area contributed by atoms with E-state index in [1.807, 2.05) is 12.1 Å². The molecule has 3 heterocycles. The molecule has 1 fully saturated rings. The number of hydrogen-bond donors (Lipinski definition) is 1. The lowest BCUT2D eigenvalue weighted by atomic mass is 9.88. The lowest BCUT2D eigenvalue weighted by Gasteiger charge is -2.36. The van der Waals surface area contributed by atoms with Gasteiger partial charge in [-0.3, -0.25) is 0 Å². The van der Waals surface area contributed by atoms with E-state index in [4.69, 9.17) is 27.9 Å². The molecule has 3 aliphatic rings. The predicted octanol–water partition coefficient (Wildman–Crippen LogP) is 4.32. The molecule has 0 unspecified atom stereocenters. The molecule has 1 saturated heterocycles. The molecule has 5 rings (SSSR count). The van der Waals surface area contributed by atoms with Gasteiger partial charge in [-0.25, -0.2) is 0 Å². The average molecular weight is 361 g/mol. The van der Waals surface area contributed by atoms with E-state index in [0.717, 1.165) is 43.1 Å². The number of fused-ring (bicyclic) bond motifs is 3. The van der Waals surface area contributed by atoms with Crippen molar-refractivity contribution < 1.29 is 4.74 Å². The van der Waals surface area contributed by atoms with E-state index in [-0.39, 0.29) is 0 Å². The fourth-order valence-corrected chi connectivity index (χ4v) is 4.96. The minimum Gasteiger partial charge on any atom is -0.490 e. The summed E-state index contributed by atoms with van der Waals surface area (Å²) >= 11 is 12.5. The predicted molar refractivity (Wildman–Crippen MR) is 98.8 cm³/mol. The van der Waals surface area contributed by atoms with Crippen molar-refractivity contribution in [2.75, 3.05) is 31.1 Å². The zero-order valence-electron chi connectivity index (χ0n) is 13.2. The number of hydrogen-bond acceptors (Lipinski definition) is 3. The highest BCUT2D eigenvalue weighted by Gasteiger charge is 2.43. The topological polar surface area (TPSA) is 24.5 Å². The lowest BCUT2D eigenvalue weighted by molar-refractivity contribution is 0.295. The van der Waals surface area contributed by atoms with Gasteiger partial charge in [0.15, 0.2) is 0 Å². The molecule has 0 saturated carbocycles. The highest BCUT2D eigenvalue weighted by Crippen LogP contribution is 2.51. The van der Waals surface area contributed by atoms with E-state index in [0.29, 0.717) is 22.0 Å². The van der Waals surface area contributed by atoms with Crippen LogP contribution in [0.3, 0.4) is 0 Å². The van der Waals surface area contributed by atoms with E-state index < -0.39 is 0 Å². The van der Waals surface area contributed by atoms with Crippen molar-refractivity contribution in [3.8, 4) is 16.9 Å². The van der Waals surface area contributed by atoms with Gasteiger partial charge in [-0.15, -0.1) is 0 Å². The van der Waals surface area contributed by atoms with Crippen LogP contribution in [0.15, 0.2) is 30.3 Å². The van der Waals surface area contributed by atoms with Gasteiger partial charge < -0.3 is 15.0 Å². The minimum atomic E-state index is 0.528. The Morgan fingerprint density at radius 3 is 2.96 bits per heavy atom. The third-order valence-corrected chi connectivity index (χ3v) is 6.02. The Labute approximate surface area is 151 Å². The quantitative estimate of drug-likeness (QED) is 0.819. The van der Waals surface area contributed by atoms with Crippen LogP contribution >= 0.6 is 23.2 Å². The van der Waals surface area contributed by atoms with E-state index >= 15 is 0 Å². The summed E-state index contributed by atoms with van der Waals surface area (Å²) in [6.07, 6.45) is 1.19. The van der Waals surface area contributed by atoms with Crippen LogP contribution in [0.25, 0.3) is 11.1 Å². The van der Waals surface area contributed by atoms with Crippen LogP contribution in [0, 0.1) is 0 Å². The summed E-state index contributed by atoms with van der Waals surface area (Å²) in [5.74, 6) is 1.52. The number of nitrogens with one attached hydrogen (secondary N) is 1. The maximum atomic E-state index is 6.44. The molecular weight excluding hydrogens is 343 g/mol. The lowest BCUT2D eigenvalue weighted by Crippen LogP contribution is -2.46. The Kier molecular flexibility index (Phi) is 3.44. The van der Waals surface area contributed by atoms with Crippen LogP contribution in [0.1, 0.15) is 17.9 Å². The van der Waals surface area contributed by atoms with Gasteiger partial charge in [0.2, 0.25) is 0 Å². The number of rotatable bonds is 1. The maximum absolute atomic E-state index is 6.44. The van der Waals surface area contributed by atoms with Crippen LogP contribution in [0.5, 0.6) is 5.75 Å². The molecular formula is C19H18Cl2N2O. The first-order valence-corrected chi connectivity index (χ1v) is 9.21. The van der Waals surface area contributed by atoms with Crippen LogP contribution in [-0.2, 0) is 0 Å². The molecule has 3 aliphatic heterocycles. The Balaban J connectivity index is 1.68. The molecule has 0 bridgehead atoms. The molecule has 2 aromatic carbocycles. The Morgan fingerprint density at radius 1 is 1.17 bits per heavy atom. The molecule has 0 aromatic heterocycles. The second kappa shape index (κ2) is 5.55. The highest BCUT2D eigenvalue weighted by atomic mass is 35.5. The van der Waals surface area contributed by atoms with Crippen molar-refractivity contribution in [2.24, 2.45) is 0 Å². The molecule has 1 N–H and O–H groups in total. The van der Waals surface area contributed by atoms with E-state index in [1.165, 1.54) is 17.7 Å². The number of nitrogens with zero attached hydrogens (tertiary/aromatic N) is 1. The molecule has 2 atom stereocenters. The summed E-state index contributed by atoms with van der Waals surface area (Å²) in [6, 6.07) is 10.7. The largest absolute Gasteiger partial charge is 0.490 e. The number of ether oxygens (including phenoxy) is 1. The molecule has 0 spiro atoms. The van der Waals surface area contributed by atoms with Gasteiger partial charge >= 0.3 is 0 Å². The molecule has 0 radical (unpaired) electrons. The van der Waals surface area contributed by atoms with Crippen molar-refractivity contribution in [2.45, 2.75) is 18.4 Å². The summed E-state index contributed by atoms with van der Waals surface area (Å²) < 4.78 is 6.02. The maximum Gasteiger partial charge on any atom is 0.143 e. The Morgan fingerprint density at radius 2 is 2.08 bits per heavy atom. The monoisotopic (exact) mass is 360 g/mol. The number of halogens is 2. The normalized spacial score (nSPS) is 24.3. The molecule has 124 valence electrons. The van der Waals surface area contributed by atoms with Crippen LogP contribution < -0.4 is 15.0 Å². The van der Waals surface area contributed by atoms with Crippen LogP contribution in [-0.4, -0.2) is 32.3 Å². The van der Waals surface area contributed by atoms with Crippen LogP contribution in [0.4, 0.5) is 5.69 Å². The zero-order valence-corrected chi connectivity index (χ0v) is 14.7. The third kappa shape index (κ3) is 2.15. The van der Waals surface area contributed by atoms with Crippen molar-refractivity contribution in [1.29, 1.82) is 0 Å². The number of piperidine rings is 1. The second-order valence-electron chi connectivity index (χ2n) is 6.74. The van der Waals surface area contributed by atoms with Gasteiger partial charge in [0.25, 0.3) is 0 Å². The smallest absolute Gasteiger partial charge is 0.143 e. The number of benzene rings is 2. The van der Waals surface area contributed by atoms with Gasteiger partial charge in [0.1, 0.15) is 12.4 Å². The fraction of sp³-hybridized carbons (Fsp3) is 0.368. The molecule has 0 amide bonds. The Bertz CT molecular complexity index is 823. The van der Waals surface area contributed by atoms with Gasteiger partial charge in [0, 0.05) is 34.1 Å². The first-order valence-electron chi connectivity index (χ1n) is 8.46.